The number of phenols is 1. The summed E-state index contributed by atoms with van der Waals surface area (Å²) in [6.07, 6.45) is -7.44. The Balaban J connectivity index is 2.46. The van der Waals surface area contributed by atoms with Crippen molar-refractivity contribution in [2.45, 2.75) is 12.4 Å². The summed E-state index contributed by atoms with van der Waals surface area (Å²) in [4.78, 5) is 0. The highest BCUT2D eigenvalue weighted by molar-refractivity contribution is 5.71. The van der Waals surface area contributed by atoms with Gasteiger partial charge in [0.15, 0.2) is 0 Å². The Kier molecular flexibility index (Phi) is 5.01. The Morgan fingerprint density at radius 2 is 1.24 bits per heavy atom. The molecule has 0 amide bonds. The van der Waals surface area contributed by atoms with Gasteiger partial charge < -0.3 is 9.84 Å². The quantitative estimate of drug-likeness (QED) is 0.568. The highest BCUT2D eigenvalue weighted by Gasteiger charge is 2.36. The molecule has 0 fully saturated rings. The number of methoxy groups -OCH3 is 1. The minimum atomic E-state index is -4.90. The second kappa shape index (κ2) is 6.70. The summed E-state index contributed by atoms with van der Waals surface area (Å²) < 4.78 is 81.8. The Hall–Kier alpha value is -2.64. The van der Waals surface area contributed by atoms with Gasteiger partial charge in [-0.2, -0.15) is 26.3 Å². The van der Waals surface area contributed by atoms with E-state index in [4.69, 9.17) is 4.74 Å². The molecule has 0 aliphatic rings. The number of alkyl halides is 6. The Morgan fingerprint density at radius 3 is 1.68 bits per heavy atom. The maximum Gasteiger partial charge on any atom is 0.416 e. The predicted octanol–water partition coefficient (Wildman–Crippen LogP) is 5.61. The third-order valence-corrected chi connectivity index (χ3v) is 3.23. The molecule has 0 heterocycles. The number of phenolic OH excluding ortho intramolecular Hbond substituents is 1. The van der Waals surface area contributed by atoms with Crippen molar-refractivity contribution in [1.82, 2.24) is 0 Å². The van der Waals surface area contributed by atoms with Crippen LogP contribution in [0.4, 0.5) is 26.3 Å². The zero-order valence-electron chi connectivity index (χ0n) is 12.7. The molecule has 2 aromatic rings. The Morgan fingerprint density at radius 1 is 0.760 bits per heavy atom. The van der Waals surface area contributed by atoms with Gasteiger partial charge in [-0.25, -0.2) is 0 Å². The van der Waals surface area contributed by atoms with Gasteiger partial charge in [-0.1, -0.05) is 12.2 Å². The van der Waals surface area contributed by atoms with Crippen LogP contribution in [-0.4, -0.2) is 12.2 Å². The number of aromatic hydroxyl groups is 1. The molecule has 2 rings (SSSR count). The summed E-state index contributed by atoms with van der Waals surface area (Å²) in [5.74, 6) is 0.138. The van der Waals surface area contributed by atoms with E-state index < -0.39 is 23.5 Å². The van der Waals surface area contributed by atoms with E-state index in [0.29, 0.717) is 23.4 Å². The van der Waals surface area contributed by atoms with Gasteiger partial charge in [0, 0.05) is 6.07 Å². The minimum absolute atomic E-state index is 0.0642. The van der Waals surface area contributed by atoms with E-state index in [-0.39, 0.29) is 17.4 Å². The van der Waals surface area contributed by atoms with Crippen LogP contribution in [0.5, 0.6) is 11.5 Å². The fourth-order valence-electron chi connectivity index (χ4n) is 2.09. The fourth-order valence-corrected chi connectivity index (χ4v) is 2.09. The molecule has 0 aliphatic carbocycles. The zero-order valence-corrected chi connectivity index (χ0v) is 12.7. The van der Waals surface area contributed by atoms with Gasteiger partial charge in [0.1, 0.15) is 11.5 Å². The number of rotatable bonds is 3. The normalized spacial score (nSPS) is 12.6. The SMILES string of the molecule is COc1cc(O)cc(/C=C/c2cc(C(F)(F)F)cc(C(F)(F)F)c2)c1. The molecule has 0 radical (unpaired) electrons. The molecule has 0 bridgehead atoms. The van der Waals surface area contributed by atoms with E-state index in [9.17, 15) is 31.4 Å². The Labute approximate surface area is 139 Å². The van der Waals surface area contributed by atoms with Crippen molar-refractivity contribution in [1.29, 1.82) is 0 Å². The van der Waals surface area contributed by atoms with Crippen molar-refractivity contribution >= 4 is 12.2 Å². The molecule has 1 N–H and O–H groups in total. The van der Waals surface area contributed by atoms with Gasteiger partial charge in [0.2, 0.25) is 0 Å². The second-order valence-corrected chi connectivity index (χ2v) is 5.14. The molecule has 0 saturated carbocycles. The first-order chi connectivity index (χ1) is 11.5. The van der Waals surface area contributed by atoms with Gasteiger partial charge >= 0.3 is 12.4 Å². The molecule has 134 valence electrons. The third-order valence-electron chi connectivity index (χ3n) is 3.23. The molecule has 0 unspecified atom stereocenters. The van der Waals surface area contributed by atoms with E-state index in [2.05, 4.69) is 0 Å². The standard InChI is InChI=1S/C17H12F6O2/c1-25-15-7-11(6-14(24)9-15)3-2-10-4-12(16(18,19)20)8-13(5-10)17(21,22)23/h2-9,24H,1H3/b3-2+. The van der Waals surface area contributed by atoms with Crippen LogP contribution in [0.3, 0.4) is 0 Å². The van der Waals surface area contributed by atoms with Gasteiger partial charge in [0.05, 0.1) is 18.2 Å². The summed E-state index contributed by atoms with van der Waals surface area (Å²) in [6.45, 7) is 0. The van der Waals surface area contributed by atoms with Gasteiger partial charge in [-0.15, -0.1) is 0 Å². The van der Waals surface area contributed by atoms with E-state index in [0.717, 1.165) is 6.08 Å². The van der Waals surface area contributed by atoms with Crippen LogP contribution in [0.1, 0.15) is 22.3 Å². The summed E-state index contributed by atoms with van der Waals surface area (Å²) in [6, 6.07) is 5.36. The molecular weight excluding hydrogens is 350 g/mol. The average Bonchev–Trinajstić information content (AvgIpc) is 2.50. The maximum atomic E-state index is 12.8. The Bertz CT molecular complexity index is 758. The van der Waals surface area contributed by atoms with Crippen molar-refractivity contribution in [3.8, 4) is 11.5 Å². The molecular formula is C17H12F6O2. The van der Waals surface area contributed by atoms with Gasteiger partial charge in [-0.3, -0.25) is 0 Å². The minimum Gasteiger partial charge on any atom is -0.508 e. The highest BCUT2D eigenvalue weighted by atomic mass is 19.4. The van der Waals surface area contributed by atoms with Gasteiger partial charge in [0.25, 0.3) is 0 Å². The van der Waals surface area contributed by atoms with Crippen molar-refractivity contribution in [3.63, 3.8) is 0 Å². The van der Waals surface area contributed by atoms with Crippen LogP contribution in [0, 0.1) is 0 Å². The van der Waals surface area contributed by atoms with E-state index in [1.165, 1.54) is 31.4 Å². The molecule has 2 nitrogen and oxygen atoms in total. The molecule has 8 heteroatoms. The lowest BCUT2D eigenvalue weighted by Crippen LogP contribution is -2.11. The molecule has 25 heavy (non-hydrogen) atoms. The summed E-state index contributed by atoms with van der Waals surface area (Å²) in [5.41, 5.74) is -2.71. The zero-order chi connectivity index (χ0) is 18.8. The largest absolute Gasteiger partial charge is 0.508 e. The fraction of sp³-hybridized carbons (Fsp3) is 0.176. The average molecular weight is 362 g/mol. The first-order valence-electron chi connectivity index (χ1n) is 6.84. The van der Waals surface area contributed by atoms with E-state index in [1.54, 1.807) is 0 Å². The predicted molar refractivity (Wildman–Crippen MR) is 80.0 cm³/mol. The van der Waals surface area contributed by atoms with Crippen molar-refractivity contribution < 1.29 is 36.2 Å². The van der Waals surface area contributed by atoms with Crippen molar-refractivity contribution in [3.05, 3.63) is 58.7 Å². The topological polar surface area (TPSA) is 29.5 Å². The summed E-state index contributed by atoms with van der Waals surface area (Å²) in [7, 11) is 1.35. The summed E-state index contributed by atoms with van der Waals surface area (Å²) >= 11 is 0. The molecule has 0 spiro atoms. The van der Waals surface area contributed by atoms with Crippen LogP contribution in [-0.2, 0) is 12.4 Å². The van der Waals surface area contributed by atoms with Crippen molar-refractivity contribution in [2.75, 3.05) is 7.11 Å². The maximum absolute atomic E-state index is 12.8. The molecule has 0 atom stereocenters. The lowest BCUT2D eigenvalue weighted by atomic mass is 10.0. The van der Waals surface area contributed by atoms with E-state index >= 15 is 0 Å². The van der Waals surface area contributed by atoms with E-state index in [1.807, 2.05) is 0 Å². The molecule has 0 aromatic heterocycles. The smallest absolute Gasteiger partial charge is 0.416 e. The number of benzene rings is 2. The van der Waals surface area contributed by atoms with Crippen molar-refractivity contribution in [2.24, 2.45) is 0 Å². The lowest BCUT2D eigenvalue weighted by Gasteiger charge is -2.13. The number of halogens is 6. The third kappa shape index (κ3) is 4.91. The second-order valence-electron chi connectivity index (χ2n) is 5.14. The first kappa shape index (κ1) is 18.7. The molecule has 0 aliphatic heterocycles. The van der Waals surface area contributed by atoms with Crippen LogP contribution in [0.15, 0.2) is 36.4 Å². The number of hydrogen-bond donors (Lipinski definition) is 1. The molecule has 2 aromatic carbocycles. The number of hydrogen-bond acceptors (Lipinski definition) is 2. The summed E-state index contributed by atoms with van der Waals surface area (Å²) in [5, 5.41) is 9.51. The van der Waals surface area contributed by atoms with Crippen LogP contribution in [0.25, 0.3) is 12.2 Å². The van der Waals surface area contributed by atoms with Crippen LogP contribution < -0.4 is 4.74 Å². The van der Waals surface area contributed by atoms with Crippen LogP contribution >= 0.6 is 0 Å². The number of ether oxygens (including phenoxy) is 1. The van der Waals surface area contributed by atoms with Crippen LogP contribution in [0.2, 0.25) is 0 Å². The highest BCUT2D eigenvalue weighted by Crippen LogP contribution is 2.36. The lowest BCUT2D eigenvalue weighted by molar-refractivity contribution is -0.143. The molecule has 0 saturated heterocycles. The monoisotopic (exact) mass is 362 g/mol. The van der Waals surface area contributed by atoms with Gasteiger partial charge in [-0.05, 0) is 41.5 Å². The first-order valence-corrected chi connectivity index (χ1v) is 6.84.